The molecule has 0 radical (unpaired) electrons. The van der Waals surface area contributed by atoms with E-state index in [4.69, 9.17) is 0 Å². The number of ketones is 2. The largest absolute Gasteiger partial charge is 0.355 e. The minimum Gasteiger partial charge on any atom is -0.355 e. The van der Waals surface area contributed by atoms with Gasteiger partial charge < -0.3 is 4.98 Å². The highest BCUT2D eigenvalue weighted by molar-refractivity contribution is 6.05. The van der Waals surface area contributed by atoms with Gasteiger partial charge in [-0.3, -0.25) is 14.9 Å². The first kappa shape index (κ1) is 20.7. The second-order valence-electron chi connectivity index (χ2n) is 7.69. The SMILES string of the molecule is CC(=O)c1c(C)[nH]c(C(=O)[C@H](C)N[C@H](c2ccccc2)c2ccc(C)cc2)c1C. The molecule has 0 amide bonds. The molecule has 0 fully saturated rings. The summed E-state index contributed by atoms with van der Waals surface area (Å²) >= 11 is 0. The fourth-order valence-electron chi connectivity index (χ4n) is 3.86. The molecule has 2 N–H and O–H groups in total. The van der Waals surface area contributed by atoms with Gasteiger partial charge in [0.2, 0.25) is 0 Å². The van der Waals surface area contributed by atoms with Gasteiger partial charge in [-0.15, -0.1) is 0 Å². The van der Waals surface area contributed by atoms with Crippen LogP contribution < -0.4 is 5.32 Å². The lowest BCUT2D eigenvalue weighted by atomic mass is 9.96. The van der Waals surface area contributed by atoms with Crippen molar-refractivity contribution in [2.24, 2.45) is 0 Å². The second-order valence-corrected chi connectivity index (χ2v) is 7.69. The van der Waals surface area contributed by atoms with Crippen LogP contribution in [0.2, 0.25) is 0 Å². The molecule has 0 unspecified atom stereocenters. The first-order valence-corrected chi connectivity index (χ1v) is 9.91. The lowest BCUT2D eigenvalue weighted by Gasteiger charge is -2.24. The monoisotopic (exact) mass is 388 g/mol. The molecule has 2 aromatic carbocycles. The molecule has 0 aliphatic rings. The Bertz CT molecular complexity index is 1020. The van der Waals surface area contributed by atoms with Gasteiger partial charge in [0.05, 0.1) is 17.8 Å². The molecule has 4 heteroatoms. The third-order valence-electron chi connectivity index (χ3n) is 5.39. The van der Waals surface area contributed by atoms with Crippen LogP contribution in [0.4, 0.5) is 0 Å². The van der Waals surface area contributed by atoms with Gasteiger partial charge in [0.25, 0.3) is 0 Å². The van der Waals surface area contributed by atoms with Crippen LogP contribution in [-0.4, -0.2) is 22.6 Å². The van der Waals surface area contributed by atoms with Crippen LogP contribution in [0.5, 0.6) is 0 Å². The number of hydrogen-bond donors (Lipinski definition) is 2. The zero-order valence-electron chi connectivity index (χ0n) is 17.7. The summed E-state index contributed by atoms with van der Waals surface area (Å²) in [4.78, 5) is 28.2. The molecule has 0 bridgehead atoms. The molecular weight excluding hydrogens is 360 g/mol. The third-order valence-corrected chi connectivity index (χ3v) is 5.39. The van der Waals surface area contributed by atoms with Gasteiger partial charge in [-0.2, -0.15) is 0 Å². The van der Waals surface area contributed by atoms with Gasteiger partial charge in [-0.1, -0.05) is 60.2 Å². The van der Waals surface area contributed by atoms with Crippen molar-refractivity contribution in [1.29, 1.82) is 0 Å². The number of carbonyl (C=O) groups excluding carboxylic acids is 2. The topological polar surface area (TPSA) is 62.0 Å². The maximum atomic E-state index is 13.2. The van der Waals surface area contributed by atoms with Gasteiger partial charge in [-0.05, 0) is 51.3 Å². The Hall–Kier alpha value is -2.98. The number of H-pyrrole nitrogens is 1. The zero-order valence-corrected chi connectivity index (χ0v) is 17.7. The van der Waals surface area contributed by atoms with Crippen molar-refractivity contribution in [3.63, 3.8) is 0 Å². The fraction of sp³-hybridized carbons (Fsp3) is 0.280. The summed E-state index contributed by atoms with van der Waals surface area (Å²) in [7, 11) is 0. The summed E-state index contributed by atoms with van der Waals surface area (Å²) in [5.74, 6) is -0.0797. The molecule has 150 valence electrons. The summed E-state index contributed by atoms with van der Waals surface area (Å²) in [6, 6.07) is 17.9. The van der Waals surface area contributed by atoms with E-state index in [2.05, 4.69) is 53.6 Å². The Labute approximate surface area is 172 Å². The van der Waals surface area contributed by atoms with E-state index in [0.717, 1.165) is 22.4 Å². The Morgan fingerprint density at radius 1 is 0.897 bits per heavy atom. The summed E-state index contributed by atoms with van der Waals surface area (Å²) in [5, 5.41) is 3.50. The van der Waals surface area contributed by atoms with Gasteiger partial charge in [-0.25, -0.2) is 0 Å². The molecule has 29 heavy (non-hydrogen) atoms. The van der Waals surface area contributed by atoms with E-state index in [1.807, 2.05) is 39.0 Å². The van der Waals surface area contributed by atoms with Crippen molar-refractivity contribution in [1.82, 2.24) is 10.3 Å². The molecule has 0 saturated carbocycles. The van der Waals surface area contributed by atoms with E-state index >= 15 is 0 Å². The van der Waals surface area contributed by atoms with Crippen LogP contribution in [0.1, 0.15) is 68.7 Å². The Balaban J connectivity index is 1.92. The number of Topliss-reactive ketones (excluding diaryl/α,β-unsaturated/α-hetero) is 2. The molecule has 2 atom stereocenters. The Kier molecular flexibility index (Phi) is 6.14. The van der Waals surface area contributed by atoms with E-state index in [9.17, 15) is 9.59 Å². The van der Waals surface area contributed by atoms with E-state index in [1.165, 1.54) is 12.5 Å². The summed E-state index contributed by atoms with van der Waals surface area (Å²) in [6.07, 6.45) is 0. The molecule has 1 heterocycles. The van der Waals surface area contributed by atoms with Crippen LogP contribution in [0.25, 0.3) is 0 Å². The van der Waals surface area contributed by atoms with Crippen LogP contribution in [0.15, 0.2) is 54.6 Å². The van der Waals surface area contributed by atoms with E-state index < -0.39 is 6.04 Å². The summed E-state index contributed by atoms with van der Waals surface area (Å²) in [6.45, 7) is 9.12. The molecule has 0 saturated heterocycles. The number of aromatic amines is 1. The van der Waals surface area contributed by atoms with Crippen molar-refractivity contribution < 1.29 is 9.59 Å². The van der Waals surface area contributed by atoms with Gasteiger partial charge in [0.15, 0.2) is 11.6 Å². The smallest absolute Gasteiger partial charge is 0.195 e. The quantitative estimate of drug-likeness (QED) is 0.554. The van der Waals surface area contributed by atoms with Crippen molar-refractivity contribution >= 4 is 11.6 Å². The number of rotatable bonds is 7. The lowest BCUT2D eigenvalue weighted by Crippen LogP contribution is -2.37. The maximum Gasteiger partial charge on any atom is 0.195 e. The molecule has 4 nitrogen and oxygen atoms in total. The number of carbonyl (C=O) groups is 2. The normalized spacial score (nSPS) is 13.1. The molecule has 3 aromatic rings. The summed E-state index contributed by atoms with van der Waals surface area (Å²) < 4.78 is 0. The average Bonchev–Trinajstić information content (AvgIpc) is 3.01. The zero-order chi connectivity index (χ0) is 21.1. The van der Waals surface area contributed by atoms with Gasteiger partial charge in [0.1, 0.15) is 0 Å². The van der Waals surface area contributed by atoms with Crippen LogP contribution >= 0.6 is 0 Å². The number of aryl methyl sites for hydroxylation is 2. The maximum absolute atomic E-state index is 13.2. The first-order valence-electron chi connectivity index (χ1n) is 9.91. The van der Waals surface area contributed by atoms with Crippen molar-refractivity contribution in [2.75, 3.05) is 0 Å². The Morgan fingerprint density at radius 3 is 2.03 bits per heavy atom. The number of benzene rings is 2. The number of nitrogens with one attached hydrogen (secondary N) is 2. The van der Waals surface area contributed by atoms with Crippen LogP contribution in [-0.2, 0) is 0 Å². The number of aromatic nitrogens is 1. The average molecular weight is 389 g/mol. The van der Waals surface area contributed by atoms with Gasteiger partial charge >= 0.3 is 0 Å². The molecule has 0 spiro atoms. The highest BCUT2D eigenvalue weighted by Gasteiger charge is 2.26. The highest BCUT2D eigenvalue weighted by atomic mass is 16.1. The molecule has 3 rings (SSSR count). The van der Waals surface area contributed by atoms with Gasteiger partial charge in [0, 0.05) is 11.3 Å². The fourth-order valence-corrected chi connectivity index (χ4v) is 3.86. The molecule has 0 aliphatic heterocycles. The third kappa shape index (κ3) is 4.38. The molecule has 0 aliphatic carbocycles. The standard InChI is InChI=1S/C25H28N2O2/c1-15-11-13-21(14-12-15)24(20-9-7-6-8-10-20)27-18(4)25(29)23-16(2)22(19(5)28)17(3)26-23/h6-14,18,24,26-27H,1-5H3/t18-,24+/m0/s1. The molecule has 1 aromatic heterocycles. The summed E-state index contributed by atoms with van der Waals surface area (Å²) in [5.41, 5.74) is 5.97. The molecular formula is C25H28N2O2. The number of hydrogen-bond acceptors (Lipinski definition) is 3. The Morgan fingerprint density at radius 2 is 1.48 bits per heavy atom. The second kappa shape index (κ2) is 8.58. The predicted octanol–water partition coefficient (Wildman–Crippen LogP) is 5.09. The van der Waals surface area contributed by atoms with Crippen molar-refractivity contribution in [3.05, 3.63) is 93.8 Å². The van der Waals surface area contributed by atoms with E-state index in [0.29, 0.717) is 11.3 Å². The van der Waals surface area contributed by atoms with E-state index in [-0.39, 0.29) is 17.6 Å². The van der Waals surface area contributed by atoms with Crippen LogP contribution in [0.3, 0.4) is 0 Å². The van der Waals surface area contributed by atoms with Crippen molar-refractivity contribution in [2.45, 2.75) is 46.7 Å². The predicted molar refractivity (Wildman–Crippen MR) is 117 cm³/mol. The van der Waals surface area contributed by atoms with Crippen molar-refractivity contribution in [3.8, 4) is 0 Å². The first-order chi connectivity index (χ1) is 13.8. The lowest BCUT2D eigenvalue weighted by molar-refractivity contribution is 0.0941. The van der Waals surface area contributed by atoms with Crippen LogP contribution in [0, 0.1) is 20.8 Å². The minimum atomic E-state index is -0.432. The van der Waals surface area contributed by atoms with E-state index in [1.54, 1.807) is 0 Å². The highest BCUT2D eigenvalue weighted by Crippen LogP contribution is 2.25. The minimum absolute atomic E-state index is 0.0299.